The van der Waals surface area contributed by atoms with Crippen LogP contribution in [0.4, 0.5) is 0 Å². The lowest BCUT2D eigenvalue weighted by Crippen LogP contribution is -2.46. The molecule has 82 valence electrons. The number of rotatable bonds is 3. The Balaban J connectivity index is 3.19. The number of amides is 1. The van der Waals surface area contributed by atoms with Crippen molar-refractivity contribution in [2.24, 2.45) is 5.92 Å². The molecule has 0 fully saturated rings. The number of benzene rings is 1. The molecule has 0 saturated heterocycles. The third-order valence-corrected chi connectivity index (χ3v) is 2.62. The van der Waals surface area contributed by atoms with E-state index in [4.69, 9.17) is 0 Å². The molecule has 0 heterocycles. The maximum atomic E-state index is 11.7. The minimum absolute atomic E-state index is 0.181. The Morgan fingerprint density at radius 1 is 1.33 bits per heavy atom. The highest BCUT2D eigenvalue weighted by atomic mass is 16.3. The second-order valence-electron chi connectivity index (χ2n) is 3.87. The van der Waals surface area contributed by atoms with Gasteiger partial charge in [-0.05, 0) is 11.5 Å². The molecule has 1 aromatic rings. The van der Waals surface area contributed by atoms with Gasteiger partial charge in [0.2, 0.25) is 0 Å². The van der Waals surface area contributed by atoms with Gasteiger partial charge in [-0.2, -0.15) is 0 Å². The highest BCUT2D eigenvalue weighted by Crippen LogP contribution is 2.29. The minimum atomic E-state index is -1.45. The second-order valence-corrected chi connectivity index (χ2v) is 3.87. The summed E-state index contributed by atoms with van der Waals surface area (Å²) in [6.45, 7) is 3.64. The van der Waals surface area contributed by atoms with Crippen LogP contribution < -0.4 is 5.32 Å². The number of nitrogens with one attached hydrogen (secondary N) is 1. The number of aliphatic hydroxyl groups is 1. The van der Waals surface area contributed by atoms with Gasteiger partial charge in [-0.3, -0.25) is 4.79 Å². The van der Waals surface area contributed by atoms with Gasteiger partial charge in [-0.1, -0.05) is 44.2 Å². The first-order valence-electron chi connectivity index (χ1n) is 5.03. The lowest BCUT2D eigenvalue weighted by atomic mass is 9.82. The largest absolute Gasteiger partial charge is 0.375 e. The molecule has 3 nitrogen and oxygen atoms in total. The molecule has 2 N–H and O–H groups in total. The molecule has 0 aliphatic carbocycles. The molecule has 3 heteroatoms. The first kappa shape index (κ1) is 11.7. The fourth-order valence-corrected chi connectivity index (χ4v) is 1.61. The Bertz CT molecular complexity index is 335. The van der Waals surface area contributed by atoms with E-state index < -0.39 is 5.60 Å². The van der Waals surface area contributed by atoms with E-state index in [1.54, 1.807) is 12.1 Å². The summed E-state index contributed by atoms with van der Waals surface area (Å²) in [7, 11) is 1.53. The van der Waals surface area contributed by atoms with E-state index in [2.05, 4.69) is 5.32 Å². The van der Waals surface area contributed by atoms with Crippen molar-refractivity contribution in [3.05, 3.63) is 35.9 Å². The van der Waals surface area contributed by atoms with Gasteiger partial charge >= 0.3 is 0 Å². The molecule has 0 aliphatic heterocycles. The maximum Gasteiger partial charge on any atom is 0.256 e. The first-order chi connectivity index (χ1) is 7.03. The SMILES string of the molecule is CNC(=O)C(O)(c1ccccc1)C(C)C. The van der Waals surface area contributed by atoms with Crippen molar-refractivity contribution in [2.45, 2.75) is 19.4 Å². The van der Waals surface area contributed by atoms with E-state index in [9.17, 15) is 9.90 Å². The monoisotopic (exact) mass is 207 g/mol. The Morgan fingerprint density at radius 3 is 2.27 bits per heavy atom. The summed E-state index contributed by atoms with van der Waals surface area (Å²) in [5.41, 5.74) is -0.824. The van der Waals surface area contributed by atoms with Crippen molar-refractivity contribution in [1.29, 1.82) is 0 Å². The highest BCUT2D eigenvalue weighted by molar-refractivity contribution is 5.86. The molecular weight excluding hydrogens is 190 g/mol. The fourth-order valence-electron chi connectivity index (χ4n) is 1.61. The van der Waals surface area contributed by atoms with Crippen LogP contribution in [0.3, 0.4) is 0 Å². The van der Waals surface area contributed by atoms with Crippen LogP contribution in [0.15, 0.2) is 30.3 Å². The summed E-state index contributed by atoms with van der Waals surface area (Å²) < 4.78 is 0. The zero-order chi connectivity index (χ0) is 11.5. The van der Waals surface area contributed by atoms with Crippen LogP contribution in [0.5, 0.6) is 0 Å². The molecule has 1 amide bonds. The molecule has 0 radical (unpaired) electrons. The highest BCUT2D eigenvalue weighted by Gasteiger charge is 2.40. The van der Waals surface area contributed by atoms with E-state index >= 15 is 0 Å². The third kappa shape index (κ3) is 2.02. The average molecular weight is 207 g/mol. The molecule has 0 aliphatic rings. The van der Waals surface area contributed by atoms with Gasteiger partial charge in [0.15, 0.2) is 5.60 Å². The number of hydrogen-bond donors (Lipinski definition) is 2. The molecule has 1 unspecified atom stereocenters. The Hall–Kier alpha value is -1.35. The van der Waals surface area contributed by atoms with Gasteiger partial charge in [0, 0.05) is 7.05 Å². The van der Waals surface area contributed by atoms with Gasteiger partial charge in [0.25, 0.3) is 5.91 Å². The van der Waals surface area contributed by atoms with Crippen LogP contribution in [0.1, 0.15) is 19.4 Å². The van der Waals surface area contributed by atoms with Crippen molar-refractivity contribution in [1.82, 2.24) is 5.32 Å². The third-order valence-electron chi connectivity index (χ3n) is 2.62. The standard InChI is InChI=1S/C12H17NO2/c1-9(2)12(15,11(14)13-3)10-7-5-4-6-8-10/h4-9,15H,1-3H3,(H,13,14). The Labute approximate surface area is 90.1 Å². The summed E-state index contributed by atoms with van der Waals surface area (Å²) in [6.07, 6.45) is 0. The van der Waals surface area contributed by atoms with Crippen molar-refractivity contribution >= 4 is 5.91 Å². The molecule has 15 heavy (non-hydrogen) atoms. The van der Waals surface area contributed by atoms with Crippen LogP contribution in [0.2, 0.25) is 0 Å². The van der Waals surface area contributed by atoms with Gasteiger partial charge in [-0.15, -0.1) is 0 Å². The zero-order valence-electron chi connectivity index (χ0n) is 9.32. The number of carbonyl (C=O) groups is 1. The van der Waals surface area contributed by atoms with Crippen molar-refractivity contribution in [3.63, 3.8) is 0 Å². The quantitative estimate of drug-likeness (QED) is 0.784. The number of carbonyl (C=O) groups excluding carboxylic acids is 1. The summed E-state index contributed by atoms with van der Waals surface area (Å²) in [6, 6.07) is 9.00. The van der Waals surface area contributed by atoms with E-state index in [-0.39, 0.29) is 11.8 Å². The van der Waals surface area contributed by atoms with Crippen LogP contribution >= 0.6 is 0 Å². The van der Waals surface area contributed by atoms with Gasteiger partial charge in [-0.25, -0.2) is 0 Å². The number of likely N-dealkylation sites (N-methyl/N-ethyl adjacent to an activating group) is 1. The van der Waals surface area contributed by atoms with E-state index in [1.165, 1.54) is 7.05 Å². The van der Waals surface area contributed by atoms with E-state index in [1.807, 2.05) is 32.0 Å². The average Bonchev–Trinajstić information content (AvgIpc) is 2.27. The maximum absolute atomic E-state index is 11.7. The normalized spacial score (nSPS) is 14.7. The fraction of sp³-hybridized carbons (Fsp3) is 0.417. The summed E-state index contributed by atoms with van der Waals surface area (Å²) >= 11 is 0. The van der Waals surface area contributed by atoms with Crippen LogP contribution in [0, 0.1) is 5.92 Å². The second kappa shape index (κ2) is 4.45. The van der Waals surface area contributed by atoms with Gasteiger partial charge < -0.3 is 10.4 Å². The molecule has 0 bridgehead atoms. The van der Waals surface area contributed by atoms with Gasteiger partial charge in [0.1, 0.15) is 0 Å². The molecule has 1 atom stereocenters. The summed E-state index contributed by atoms with van der Waals surface area (Å²) in [5, 5.41) is 12.9. The summed E-state index contributed by atoms with van der Waals surface area (Å²) in [5.74, 6) is -0.552. The molecule has 0 aromatic heterocycles. The van der Waals surface area contributed by atoms with E-state index in [0.29, 0.717) is 5.56 Å². The zero-order valence-corrected chi connectivity index (χ0v) is 9.32. The molecule has 0 saturated carbocycles. The van der Waals surface area contributed by atoms with Crippen molar-refractivity contribution in [3.8, 4) is 0 Å². The minimum Gasteiger partial charge on any atom is -0.375 e. The smallest absolute Gasteiger partial charge is 0.256 e. The lowest BCUT2D eigenvalue weighted by molar-refractivity contribution is -0.145. The predicted octanol–water partition coefficient (Wildman–Crippen LogP) is 1.28. The molecule has 1 aromatic carbocycles. The molecule has 1 rings (SSSR count). The predicted molar refractivity (Wildman–Crippen MR) is 59.2 cm³/mol. The molecular formula is C12H17NO2. The van der Waals surface area contributed by atoms with Crippen LogP contribution in [-0.4, -0.2) is 18.1 Å². The Kier molecular flexibility index (Phi) is 3.48. The Morgan fingerprint density at radius 2 is 1.87 bits per heavy atom. The van der Waals surface area contributed by atoms with Gasteiger partial charge in [0.05, 0.1) is 0 Å². The van der Waals surface area contributed by atoms with Crippen LogP contribution in [0.25, 0.3) is 0 Å². The topological polar surface area (TPSA) is 49.3 Å². The van der Waals surface area contributed by atoms with E-state index in [0.717, 1.165) is 0 Å². The number of hydrogen-bond acceptors (Lipinski definition) is 2. The van der Waals surface area contributed by atoms with Crippen LogP contribution in [-0.2, 0) is 10.4 Å². The summed E-state index contributed by atoms with van der Waals surface area (Å²) in [4.78, 5) is 11.7. The van der Waals surface area contributed by atoms with Crippen molar-refractivity contribution in [2.75, 3.05) is 7.05 Å². The van der Waals surface area contributed by atoms with Crippen molar-refractivity contribution < 1.29 is 9.90 Å². The molecule has 0 spiro atoms. The first-order valence-corrected chi connectivity index (χ1v) is 5.03. The lowest BCUT2D eigenvalue weighted by Gasteiger charge is -2.30.